The first-order chi connectivity index (χ1) is 10.3. The maximum absolute atomic E-state index is 9.00. The number of benzene rings is 1. The van der Waals surface area contributed by atoms with Gasteiger partial charge in [0.1, 0.15) is 11.6 Å². The molecule has 1 heterocycles. The number of imidazole rings is 1. The monoisotopic (exact) mass is 281 g/mol. The quantitative estimate of drug-likeness (QED) is 0.597. The third-order valence-corrected chi connectivity index (χ3v) is 3.22. The lowest BCUT2D eigenvalue weighted by atomic mass is 10.1. The number of ether oxygens (including phenoxy) is 1. The van der Waals surface area contributed by atoms with Crippen LogP contribution in [0.1, 0.15) is 37.3 Å². The highest BCUT2D eigenvalue weighted by Gasteiger charge is 2.18. The summed E-state index contributed by atoms with van der Waals surface area (Å²) in [4.78, 5) is 4.37. The van der Waals surface area contributed by atoms with Gasteiger partial charge in [-0.15, -0.1) is 0 Å². The first-order valence-electron chi connectivity index (χ1n) is 7.05. The molecule has 0 aliphatic rings. The fraction of sp³-hybridized carbons (Fsp3) is 0.294. The molecule has 4 nitrogen and oxygen atoms in total. The zero-order valence-electron chi connectivity index (χ0n) is 12.4. The number of aryl methyl sites for hydroxylation is 1. The van der Waals surface area contributed by atoms with Gasteiger partial charge in [0.25, 0.3) is 0 Å². The summed E-state index contributed by atoms with van der Waals surface area (Å²) < 4.78 is 8.05. The van der Waals surface area contributed by atoms with E-state index in [2.05, 4.69) is 18.0 Å². The minimum Gasteiger partial charge on any atom is -0.481 e. The van der Waals surface area contributed by atoms with Crippen molar-refractivity contribution in [3.63, 3.8) is 0 Å². The summed E-state index contributed by atoms with van der Waals surface area (Å²) in [6.07, 6.45) is 6.78. The van der Waals surface area contributed by atoms with E-state index < -0.39 is 0 Å². The normalized spacial score (nSPS) is 12.7. The summed E-state index contributed by atoms with van der Waals surface area (Å²) in [5.41, 5.74) is 0.898. The molecule has 0 fully saturated rings. The summed E-state index contributed by atoms with van der Waals surface area (Å²) in [5, 5.41) is 9.00. The highest BCUT2D eigenvalue weighted by molar-refractivity contribution is 5.62. The second kappa shape index (κ2) is 7.30. The van der Waals surface area contributed by atoms with Crippen LogP contribution in [0.15, 0.2) is 48.8 Å². The molecule has 1 unspecified atom stereocenters. The molecule has 4 heteroatoms. The number of hydrogen-bond donors (Lipinski definition) is 0. The molecular weight excluding hydrogens is 262 g/mol. The minimum absolute atomic E-state index is 0.158. The van der Waals surface area contributed by atoms with Crippen LogP contribution < -0.4 is 0 Å². The van der Waals surface area contributed by atoms with E-state index >= 15 is 0 Å². The predicted octanol–water partition coefficient (Wildman–Crippen LogP) is 3.84. The topological polar surface area (TPSA) is 50.8 Å². The number of rotatable bonds is 6. The smallest absolute Gasteiger partial charge is 0.156 e. The molecule has 2 rings (SSSR count). The second-order valence-electron chi connectivity index (χ2n) is 4.80. The molecule has 1 aromatic carbocycles. The summed E-state index contributed by atoms with van der Waals surface area (Å²) in [5.74, 6) is 1.45. The van der Waals surface area contributed by atoms with Crippen molar-refractivity contribution in [2.24, 2.45) is 7.05 Å². The Labute approximate surface area is 125 Å². The number of nitrogens with zero attached hydrogens (tertiary/aromatic N) is 3. The van der Waals surface area contributed by atoms with Crippen molar-refractivity contribution in [3.8, 4) is 6.07 Å². The average molecular weight is 281 g/mol. The van der Waals surface area contributed by atoms with Crippen molar-refractivity contribution in [1.82, 2.24) is 9.55 Å². The van der Waals surface area contributed by atoms with Crippen LogP contribution in [0.4, 0.5) is 0 Å². The van der Waals surface area contributed by atoms with Crippen molar-refractivity contribution >= 4 is 5.76 Å². The Morgan fingerprint density at radius 3 is 2.76 bits per heavy atom. The van der Waals surface area contributed by atoms with Gasteiger partial charge in [-0.1, -0.05) is 43.7 Å². The molecule has 108 valence electrons. The highest BCUT2D eigenvalue weighted by Crippen LogP contribution is 2.28. The molecule has 0 amide bonds. The van der Waals surface area contributed by atoms with Gasteiger partial charge in [-0.2, -0.15) is 5.26 Å². The van der Waals surface area contributed by atoms with Crippen LogP contribution >= 0.6 is 0 Å². The Balaban J connectivity index is 2.28. The first kappa shape index (κ1) is 14.9. The molecule has 0 bridgehead atoms. The summed E-state index contributed by atoms with van der Waals surface area (Å²) >= 11 is 0. The summed E-state index contributed by atoms with van der Waals surface area (Å²) in [6, 6.07) is 11.7. The van der Waals surface area contributed by atoms with Crippen LogP contribution in [0.25, 0.3) is 5.76 Å². The van der Waals surface area contributed by atoms with Crippen LogP contribution in [-0.4, -0.2) is 9.55 Å². The van der Waals surface area contributed by atoms with Crippen LogP contribution in [0, 0.1) is 11.3 Å². The zero-order valence-corrected chi connectivity index (χ0v) is 12.4. The Morgan fingerprint density at radius 1 is 1.43 bits per heavy atom. The molecule has 0 spiro atoms. The van der Waals surface area contributed by atoms with E-state index in [1.807, 2.05) is 48.1 Å². The Bertz CT molecular complexity index is 638. The maximum atomic E-state index is 9.00. The number of aromatic nitrogens is 2. The molecule has 1 aromatic heterocycles. The Hall–Kier alpha value is -2.54. The standard InChI is InChI=1S/C17H19N3O/c1-3-7-16(17-19-12-13-20(17)2)21-15(10-11-18)14-8-5-4-6-9-14/h4-6,8-10,12-13,16H,3,7H2,1-2H3/b15-10-. The summed E-state index contributed by atoms with van der Waals surface area (Å²) in [7, 11) is 1.95. The van der Waals surface area contributed by atoms with Crippen molar-refractivity contribution in [1.29, 1.82) is 5.26 Å². The van der Waals surface area contributed by atoms with Crippen LogP contribution in [0.3, 0.4) is 0 Å². The van der Waals surface area contributed by atoms with E-state index in [0.717, 1.165) is 24.2 Å². The van der Waals surface area contributed by atoms with E-state index in [1.165, 1.54) is 6.08 Å². The van der Waals surface area contributed by atoms with Gasteiger partial charge in [0.2, 0.25) is 0 Å². The van der Waals surface area contributed by atoms with E-state index in [1.54, 1.807) is 6.20 Å². The Kier molecular flexibility index (Phi) is 5.16. The molecule has 0 aliphatic heterocycles. The number of allylic oxidation sites excluding steroid dienone is 1. The van der Waals surface area contributed by atoms with Gasteiger partial charge < -0.3 is 9.30 Å². The highest BCUT2D eigenvalue weighted by atomic mass is 16.5. The van der Waals surface area contributed by atoms with Gasteiger partial charge in [-0.05, 0) is 6.42 Å². The molecule has 1 atom stereocenters. The molecule has 0 saturated carbocycles. The number of hydrogen-bond acceptors (Lipinski definition) is 3. The van der Waals surface area contributed by atoms with Crippen molar-refractivity contribution in [2.45, 2.75) is 25.9 Å². The molecule has 0 saturated heterocycles. The van der Waals surface area contributed by atoms with Gasteiger partial charge in [-0.25, -0.2) is 4.98 Å². The van der Waals surface area contributed by atoms with Crippen molar-refractivity contribution in [2.75, 3.05) is 0 Å². The van der Waals surface area contributed by atoms with Gasteiger partial charge in [0.05, 0.1) is 12.1 Å². The SMILES string of the molecule is CCCC(O/C(=C\C#N)c1ccccc1)c1nccn1C. The fourth-order valence-electron chi connectivity index (χ4n) is 2.19. The van der Waals surface area contributed by atoms with Gasteiger partial charge in [0, 0.05) is 25.0 Å². The third kappa shape index (κ3) is 3.73. The first-order valence-corrected chi connectivity index (χ1v) is 7.05. The van der Waals surface area contributed by atoms with E-state index in [-0.39, 0.29) is 6.10 Å². The lowest BCUT2D eigenvalue weighted by molar-refractivity contribution is 0.146. The number of nitriles is 1. The maximum Gasteiger partial charge on any atom is 0.156 e. The van der Waals surface area contributed by atoms with Crippen LogP contribution in [0.5, 0.6) is 0 Å². The predicted molar refractivity (Wildman–Crippen MR) is 82.0 cm³/mol. The Morgan fingerprint density at radius 2 is 2.19 bits per heavy atom. The van der Waals surface area contributed by atoms with Crippen LogP contribution in [0.2, 0.25) is 0 Å². The van der Waals surface area contributed by atoms with Gasteiger partial charge >= 0.3 is 0 Å². The summed E-state index contributed by atoms with van der Waals surface area (Å²) in [6.45, 7) is 2.11. The minimum atomic E-state index is -0.158. The largest absolute Gasteiger partial charge is 0.481 e. The van der Waals surface area contributed by atoms with Crippen molar-refractivity contribution in [3.05, 3.63) is 60.2 Å². The molecule has 21 heavy (non-hydrogen) atoms. The third-order valence-electron chi connectivity index (χ3n) is 3.22. The molecule has 0 aliphatic carbocycles. The van der Waals surface area contributed by atoms with Crippen LogP contribution in [-0.2, 0) is 11.8 Å². The zero-order chi connectivity index (χ0) is 15.1. The van der Waals surface area contributed by atoms with E-state index in [0.29, 0.717) is 5.76 Å². The molecular formula is C17H19N3O. The lowest BCUT2D eigenvalue weighted by Gasteiger charge is -2.20. The van der Waals surface area contributed by atoms with E-state index in [9.17, 15) is 0 Å². The van der Waals surface area contributed by atoms with Gasteiger partial charge in [-0.3, -0.25) is 0 Å². The van der Waals surface area contributed by atoms with Gasteiger partial charge in [0.15, 0.2) is 6.10 Å². The molecule has 0 radical (unpaired) electrons. The molecule has 0 N–H and O–H groups in total. The van der Waals surface area contributed by atoms with E-state index in [4.69, 9.17) is 10.00 Å². The fourth-order valence-corrected chi connectivity index (χ4v) is 2.19. The average Bonchev–Trinajstić information content (AvgIpc) is 2.93. The molecule has 2 aromatic rings. The second-order valence-corrected chi connectivity index (χ2v) is 4.80. The lowest BCUT2D eigenvalue weighted by Crippen LogP contribution is -2.10. The van der Waals surface area contributed by atoms with Crippen molar-refractivity contribution < 1.29 is 4.74 Å².